The van der Waals surface area contributed by atoms with E-state index < -0.39 is 0 Å². The summed E-state index contributed by atoms with van der Waals surface area (Å²) in [5.41, 5.74) is 0. The molecule has 2 rings (SSSR count). The predicted octanol–water partition coefficient (Wildman–Crippen LogP) is 3.44. The number of carbonyl (C=O) groups excluding carboxylic acids is 1. The summed E-state index contributed by atoms with van der Waals surface area (Å²) in [5, 5.41) is 11.4. The van der Waals surface area contributed by atoms with E-state index in [4.69, 9.17) is 0 Å². The van der Waals surface area contributed by atoms with E-state index in [9.17, 15) is 4.79 Å². The first kappa shape index (κ1) is 16.1. The molecular weight excluding hydrogens is 310 g/mol. The van der Waals surface area contributed by atoms with Gasteiger partial charge < -0.3 is 5.32 Å². The lowest BCUT2D eigenvalue weighted by atomic mass is 10.2. The van der Waals surface area contributed by atoms with Crippen molar-refractivity contribution in [1.82, 2.24) is 15.5 Å². The molecular formula is C13H21N3OS3. The van der Waals surface area contributed by atoms with Gasteiger partial charge in [0.05, 0.1) is 5.75 Å². The van der Waals surface area contributed by atoms with Crippen LogP contribution in [0, 0.1) is 5.92 Å². The zero-order valence-electron chi connectivity index (χ0n) is 11.9. The van der Waals surface area contributed by atoms with Crippen LogP contribution in [0.2, 0.25) is 0 Å². The minimum atomic E-state index is 0.119. The maximum absolute atomic E-state index is 11.8. The highest BCUT2D eigenvalue weighted by atomic mass is 32.2. The van der Waals surface area contributed by atoms with Crippen molar-refractivity contribution in [2.45, 2.75) is 54.3 Å². The number of rotatable bonds is 7. The van der Waals surface area contributed by atoms with Gasteiger partial charge in [-0.25, -0.2) is 0 Å². The largest absolute Gasteiger partial charge is 0.353 e. The SMILES string of the molecule is CC(C)CSc1nnc(SCC(=O)NC2CCCC2)s1. The standard InChI is InChI=1S/C13H21N3OS3/c1-9(2)7-18-12-15-16-13(20-12)19-8-11(17)14-10-5-3-4-6-10/h9-10H,3-8H2,1-2H3,(H,14,17). The molecule has 0 unspecified atom stereocenters. The van der Waals surface area contributed by atoms with Crippen molar-refractivity contribution in [3.8, 4) is 0 Å². The molecule has 0 atom stereocenters. The third-order valence-corrected chi connectivity index (χ3v) is 6.59. The molecule has 112 valence electrons. The van der Waals surface area contributed by atoms with E-state index in [1.807, 2.05) is 0 Å². The number of thioether (sulfide) groups is 2. The van der Waals surface area contributed by atoms with Gasteiger partial charge in [-0.1, -0.05) is 61.5 Å². The molecule has 4 nitrogen and oxygen atoms in total. The Morgan fingerprint density at radius 3 is 2.60 bits per heavy atom. The Morgan fingerprint density at radius 1 is 1.30 bits per heavy atom. The Bertz CT molecular complexity index is 430. The van der Waals surface area contributed by atoms with Crippen LogP contribution in [0.15, 0.2) is 8.68 Å². The molecule has 1 aliphatic carbocycles. The van der Waals surface area contributed by atoms with E-state index in [0.717, 1.165) is 27.3 Å². The van der Waals surface area contributed by atoms with E-state index in [1.165, 1.54) is 24.6 Å². The maximum Gasteiger partial charge on any atom is 0.230 e. The summed E-state index contributed by atoms with van der Waals surface area (Å²) in [4.78, 5) is 11.8. The summed E-state index contributed by atoms with van der Waals surface area (Å²) in [6, 6.07) is 0.398. The van der Waals surface area contributed by atoms with E-state index in [1.54, 1.807) is 23.1 Å². The molecule has 20 heavy (non-hydrogen) atoms. The van der Waals surface area contributed by atoms with Gasteiger partial charge in [0.2, 0.25) is 5.91 Å². The molecule has 1 amide bonds. The van der Waals surface area contributed by atoms with Crippen molar-refractivity contribution >= 4 is 40.8 Å². The van der Waals surface area contributed by atoms with Crippen LogP contribution in [0.5, 0.6) is 0 Å². The van der Waals surface area contributed by atoms with Gasteiger partial charge in [0.25, 0.3) is 0 Å². The van der Waals surface area contributed by atoms with Crippen LogP contribution in [-0.2, 0) is 4.79 Å². The van der Waals surface area contributed by atoms with Crippen molar-refractivity contribution in [2.24, 2.45) is 5.92 Å². The van der Waals surface area contributed by atoms with Gasteiger partial charge >= 0.3 is 0 Å². The highest BCUT2D eigenvalue weighted by Crippen LogP contribution is 2.29. The minimum Gasteiger partial charge on any atom is -0.353 e. The van der Waals surface area contributed by atoms with Gasteiger partial charge in [0.1, 0.15) is 0 Å². The van der Waals surface area contributed by atoms with Crippen molar-refractivity contribution in [3.05, 3.63) is 0 Å². The van der Waals surface area contributed by atoms with Crippen LogP contribution < -0.4 is 5.32 Å². The smallest absolute Gasteiger partial charge is 0.230 e. The quantitative estimate of drug-likeness (QED) is 0.776. The zero-order chi connectivity index (χ0) is 14.4. The summed E-state index contributed by atoms with van der Waals surface area (Å²) in [6.07, 6.45) is 4.74. The summed E-state index contributed by atoms with van der Waals surface area (Å²) in [7, 11) is 0. The lowest BCUT2D eigenvalue weighted by Gasteiger charge is -2.10. The van der Waals surface area contributed by atoms with E-state index in [-0.39, 0.29) is 5.91 Å². The number of nitrogens with one attached hydrogen (secondary N) is 1. The number of aromatic nitrogens is 2. The minimum absolute atomic E-state index is 0.119. The molecule has 0 spiro atoms. The molecule has 1 fully saturated rings. The Hall–Kier alpha value is -0.270. The van der Waals surface area contributed by atoms with E-state index in [0.29, 0.717) is 17.7 Å². The fraction of sp³-hybridized carbons (Fsp3) is 0.769. The normalized spacial score (nSPS) is 15.9. The zero-order valence-corrected chi connectivity index (χ0v) is 14.4. The second-order valence-corrected chi connectivity index (χ2v) is 8.84. The van der Waals surface area contributed by atoms with Crippen LogP contribution in [0.3, 0.4) is 0 Å². The molecule has 1 heterocycles. The van der Waals surface area contributed by atoms with Gasteiger partial charge in [0.15, 0.2) is 8.68 Å². The second kappa shape index (κ2) is 8.24. The first-order valence-electron chi connectivity index (χ1n) is 7.02. The van der Waals surface area contributed by atoms with E-state index in [2.05, 4.69) is 29.4 Å². The van der Waals surface area contributed by atoms with Crippen molar-refractivity contribution in [1.29, 1.82) is 0 Å². The predicted molar refractivity (Wildman–Crippen MR) is 86.6 cm³/mol. The Morgan fingerprint density at radius 2 is 1.95 bits per heavy atom. The third-order valence-electron chi connectivity index (χ3n) is 2.98. The Kier molecular flexibility index (Phi) is 6.64. The summed E-state index contributed by atoms with van der Waals surface area (Å²) < 4.78 is 1.88. The van der Waals surface area contributed by atoms with Crippen LogP contribution in [0.4, 0.5) is 0 Å². The summed E-state index contributed by atoms with van der Waals surface area (Å²) in [5.74, 6) is 2.27. The fourth-order valence-corrected chi connectivity index (χ4v) is 4.83. The molecule has 1 saturated carbocycles. The average molecular weight is 332 g/mol. The van der Waals surface area contributed by atoms with Gasteiger partial charge in [-0.05, 0) is 18.8 Å². The summed E-state index contributed by atoms with van der Waals surface area (Å²) >= 11 is 4.81. The van der Waals surface area contributed by atoms with Gasteiger partial charge in [-0.2, -0.15) is 0 Å². The molecule has 1 N–H and O–H groups in total. The molecule has 0 saturated heterocycles. The van der Waals surface area contributed by atoms with Crippen molar-refractivity contribution in [2.75, 3.05) is 11.5 Å². The Balaban J connectivity index is 1.69. The van der Waals surface area contributed by atoms with Crippen molar-refractivity contribution < 1.29 is 4.79 Å². The van der Waals surface area contributed by atoms with Gasteiger partial charge in [-0.15, -0.1) is 10.2 Å². The van der Waals surface area contributed by atoms with Crippen LogP contribution >= 0.6 is 34.9 Å². The first-order valence-corrected chi connectivity index (χ1v) is 9.80. The lowest BCUT2D eigenvalue weighted by molar-refractivity contribution is -0.119. The van der Waals surface area contributed by atoms with Crippen LogP contribution in [-0.4, -0.2) is 33.7 Å². The lowest BCUT2D eigenvalue weighted by Crippen LogP contribution is -2.33. The number of nitrogens with zero attached hydrogens (tertiary/aromatic N) is 2. The molecule has 1 aromatic heterocycles. The van der Waals surface area contributed by atoms with E-state index >= 15 is 0 Å². The van der Waals surface area contributed by atoms with Crippen LogP contribution in [0.25, 0.3) is 0 Å². The fourth-order valence-electron chi connectivity index (χ4n) is 2.02. The van der Waals surface area contributed by atoms with Crippen molar-refractivity contribution in [3.63, 3.8) is 0 Å². The molecule has 0 aromatic carbocycles. The molecule has 0 aliphatic heterocycles. The first-order chi connectivity index (χ1) is 9.63. The number of carbonyl (C=O) groups is 1. The number of hydrogen-bond donors (Lipinski definition) is 1. The molecule has 7 heteroatoms. The molecule has 0 bridgehead atoms. The van der Waals surface area contributed by atoms with Gasteiger partial charge in [0, 0.05) is 11.8 Å². The topological polar surface area (TPSA) is 54.9 Å². The third kappa shape index (κ3) is 5.61. The highest BCUT2D eigenvalue weighted by molar-refractivity contribution is 8.03. The Labute approximate surface area is 132 Å². The average Bonchev–Trinajstić information content (AvgIpc) is 3.05. The number of hydrogen-bond acceptors (Lipinski definition) is 6. The molecule has 1 aliphatic rings. The van der Waals surface area contributed by atoms with Gasteiger partial charge in [-0.3, -0.25) is 4.79 Å². The second-order valence-electron chi connectivity index (χ2n) is 5.38. The molecule has 0 radical (unpaired) electrons. The maximum atomic E-state index is 11.8. The summed E-state index contributed by atoms with van der Waals surface area (Å²) in [6.45, 7) is 4.38. The number of amides is 1. The highest BCUT2D eigenvalue weighted by Gasteiger charge is 2.17. The molecule has 1 aromatic rings. The van der Waals surface area contributed by atoms with Crippen LogP contribution in [0.1, 0.15) is 39.5 Å². The monoisotopic (exact) mass is 331 g/mol.